The number of rotatable bonds is 5. The number of hydrogen-bond acceptors (Lipinski definition) is 0. The number of benzene rings is 6. The van der Waals surface area contributed by atoms with Gasteiger partial charge in [-0.05, 0) is 123 Å². The minimum Gasteiger partial charge on any atom is -0.0909 e. The average molecular weight is 727 g/mol. The standard InChI is InChI=1S/C20H18.C18H16.C16H14.C2H6/c1-2-6-15(7-3-1)8-4-9-16-10-5-11-19-18(16)13-12-17-14-20(17)19;1-14(15-8-3-2-4-9-15)17-13-7-11-16-10-5-6-12-18(16)17;1-12-9-10-14-7-4-6-13-5-2-3-8-15(13)16(14)11-12;1-2/h1-8,10-13,17,20H,9,14H2;2-6,8-12H,1,7,13H2;2-6,8-11H,7H2,1H3;1-2H3/b8-4+;;;. The first-order valence-corrected chi connectivity index (χ1v) is 20.5. The van der Waals surface area contributed by atoms with Crippen molar-refractivity contribution in [3.63, 3.8) is 0 Å². The second-order valence-electron chi connectivity index (χ2n) is 14.8. The monoisotopic (exact) mass is 726 g/mol. The van der Waals surface area contributed by atoms with Crippen molar-refractivity contribution in [2.75, 3.05) is 0 Å². The third-order valence-electron chi connectivity index (χ3n) is 11.1. The molecule has 6 aromatic rings. The van der Waals surface area contributed by atoms with Gasteiger partial charge in [-0.2, -0.15) is 0 Å². The molecular weight excluding hydrogens is 673 g/mol. The highest BCUT2D eigenvalue weighted by atomic mass is 14.4. The third-order valence-corrected chi connectivity index (χ3v) is 11.1. The van der Waals surface area contributed by atoms with Crippen molar-refractivity contribution in [3.05, 3.63) is 225 Å². The normalized spacial score (nSPS) is 16.2. The lowest BCUT2D eigenvalue weighted by Gasteiger charge is -2.14. The van der Waals surface area contributed by atoms with Crippen molar-refractivity contribution in [1.82, 2.24) is 0 Å². The van der Waals surface area contributed by atoms with Gasteiger partial charge in [-0.3, -0.25) is 0 Å². The summed E-state index contributed by atoms with van der Waals surface area (Å²) in [4.78, 5) is 0. The van der Waals surface area contributed by atoms with E-state index in [1.807, 2.05) is 19.9 Å². The molecule has 0 nitrogen and oxygen atoms in total. The summed E-state index contributed by atoms with van der Waals surface area (Å²) < 4.78 is 0. The topological polar surface area (TPSA) is 0 Å². The zero-order valence-corrected chi connectivity index (χ0v) is 33.3. The molecule has 0 aliphatic heterocycles. The summed E-state index contributed by atoms with van der Waals surface area (Å²) in [5.74, 6) is 1.64. The van der Waals surface area contributed by atoms with Crippen LogP contribution in [0.1, 0.15) is 83.5 Å². The molecule has 0 bridgehead atoms. The lowest BCUT2D eigenvalue weighted by atomic mass is 9.90. The van der Waals surface area contributed by atoms with E-state index in [0.29, 0.717) is 0 Å². The molecule has 0 radical (unpaired) electrons. The molecule has 0 aromatic heterocycles. The molecule has 6 aromatic carbocycles. The Labute approximate surface area is 335 Å². The van der Waals surface area contributed by atoms with Crippen LogP contribution in [0.3, 0.4) is 0 Å². The molecular formula is C56H54. The van der Waals surface area contributed by atoms with Crippen molar-refractivity contribution in [1.29, 1.82) is 0 Å². The second-order valence-corrected chi connectivity index (χ2v) is 14.8. The van der Waals surface area contributed by atoms with Gasteiger partial charge in [0, 0.05) is 0 Å². The highest BCUT2D eigenvalue weighted by molar-refractivity contribution is 5.97. The first-order chi connectivity index (χ1) is 27.6. The molecule has 0 N–H and O–H groups in total. The predicted octanol–water partition coefficient (Wildman–Crippen LogP) is 13.5. The fourth-order valence-electron chi connectivity index (χ4n) is 8.13. The molecule has 2 atom stereocenters. The summed E-state index contributed by atoms with van der Waals surface area (Å²) in [7, 11) is 0. The molecule has 0 amide bonds. The zero-order chi connectivity index (χ0) is 38.7. The fraction of sp³-hybridized carbons (Fsp3) is 0.179. The van der Waals surface area contributed by atoms with Gasteiger partial charge in [-0.15, -0.1) is 0 Å². The minimum atomic E-state index is 0.813. The molecule has 278 valence electrons. The second kappa shape index (κ2) is 18.6. The SMILES string of the molecule is C1=CC2CC2c2cccc(C/C=C/c3ccccc3)c21.C=C(C1=c2ccccc2=CCC1)c1ccccc1.CC.Cc1ccc2c(c1)-c1ccccc1C=CC2. The van der Waals surface area contributed by atoms with E-state index in [0.717, 1.165) is 43.1 Å². The summed E-state index contributed by atoms with van der Waals surface area (Å²) in [6.45, 7) is 10.5. The van der Waals surface area contributed by atoms with Gasteiger partial charge in [0.2, 0.25) is 0 Å². The number of allylic oxidation sites excluding steroid dienone is 4. The lowest BCUT2D eigenvalue weighted by Crippen LogP contribution is -2.29. The third kappa shape index (κ3) is 9.10. The molecule has 4 aliphatic carbocycles. The van der Waals surface area contributed by atoms with E-state index in [1.54, 1.807) is 5.56 Å². The molecule has 0 heterocycles. The average Bonchev–Trinajstić information content (AvgIpc) is 4.09. The maximum atomic E-state index is 4.30. The molecule has 0 heteroatoms. The summed E-state index contributed by atoms with van der Waals surface area (Å²) in [6, 6.07) is 51.7. The molecule has 1 fully saturated rings. The van der Waals surface area contributed by atoms with E-state index < -0.39 is 0 Å². The molecule has 1 saturated carbocycles. The molecule has 0 spiro atoms. The Bertz CT molecular complexity index is 2490. The molecule has 4 aliphatic rings. The van der Waals surface area contributed by atoms with Gasteiger partial charge in [-0.1, -0.05) is 214 Å². The highest BCUT2D eigenvalue weighted by Gasteiger charge is 2.39. The van der Waals surface area contributed by atoms with Crippen molar-refractivity contribution in [2.24, 2.45) is 5.92 Å². The van der Waals surface area contributed by atoms with Crippen LogP contribution in [0.4, 0.5) is 0 Å². The molecule has 0 saturated heterocycles. The highest BCUT2D eigenvalue weighted by Crippen LogP contribution is 2.53. The van der Waals surface area contributed by atoms with Crippen LogP contribution in [0.15, 0.2) is 170 Å². The Morgan fingerprint density at radius 3 is 2.32 bits per heavy atom. The van der Waals surface area contributed by atoms with Crippen LogP contribution in [-0.2, 0) is 12.8 Å². The molecule has 2 unspecified atom stereocenters. The molecule has 56 heavy (non-hydrogen) atoms. The first kappa shape index (κ1) is 38.3. The van der Waals surface area contributed by atoms with Crippen LogP contribution in [0.5, 0.6) is 0 Å². The van der Waals surface area contributed by atoms with Crippen molar-refractivity contribution < 1.29 is 0 Å². The number of aryl methyl sites for hydroxylation is 1. The largest absolute Gasteiger partial charge is 0.0909 e. The van der Waals surface area contributed by atoms with Gasteiger partial charge in [0.15, 0.2) is 0 Å². The van der Waals surface area contributed by atoms with Crippen LogP contribution in [0.2, 0.25) is 0 Å². The van der Waals surface area contributed by atoms with E-state index >= 15 is 0 Å². The van der Waals surface area contributed by atoms with Gasteiger partial charge < -0.3 is 0 Å². The molecule has 10 rings (SSSR count). The van der Waals surface area contributed by atoms with Crippen LogP contribution in [-0.4, -0.2) is 0 Å². The van der Waals surface area contributed by atoms with E-state index in [2.05, 4.69) is 196 Å². The van der Waals surface area contributed by atoms with Crippen LogP contribution >= 0.6 is 0 Å². The Kier molecular flexibility index (Phi) is 12.7. The van der Waals surface area contributed by atoms with Crippen molar-refractivity contribution in [2.45, 2.75) is 58.8 Å². The Balaban J connectivity index is 0.000000127. The zero-order valence-electron chi connectivity index (χ0n) is 33.3. The number of hydrogen-bond donors (Lipinski definition) is 0. The first-order valence-electron chi connectivity index (χ1n) is 20.5. The maximum Gasteiger partial charge on any atom is -0.00868 e. The quantitative estimate of drug-likeness (QED) is 0.166. The van der Waals surface area contributed by atoms with Gasteiger partial charge in [0.05, 0.1) is 0 Å². The Hall–Kier alpha value is -5.98. The smallest absolute Gasteiger partial charge is 0.00868 e. The van der Waals surface area contributed by atoms with Gasteiger partial charge in [0.25, 0.3) is 0 Å². The van der Waals surface area contributed by atoms with Crippen LogP contribution in [0, 0.1) is 12.8 Å². The van der Waals surface area contributed by atoms with Gasteiger partial charge in [-0.25, -0.2) is 0 Å². The van der Waals surface area contributed by atoms with Gasteiger partial charge >= 0.3 is 0 Å². The van der Waals surface area contributed by atoms with E-state index in [4.69, 9.17) is 0 Å². The summed E-state index contributed by atoms with van der Waals surface area (Å²) in [5, 5.41) is 2.69. The van der Waals surface area contributed by atoms with Gasteiger partial charge in [0.1, 0.15) is 0 Å². The minimum absolute atomic E-state index is 0.813. The van der Waals surface area contributed by atoms with E-state index in [9.17, 15) is 0 Å². The van der Waals surface area contributed by atoms with Crippen LogP contribution < -0.4 is 10.4 Å². The Morgan fingerprint density at radius 1 is 0.732 bits per heavy atom. The summed E-state index contributed by atoms with van der Waals surface area (Å²) >= 11 is 0. The maximum absolute atomic E-state index is 4.30. The lowest BCUT2D eigenvalue weighted by molar-refractivity contribution is 0.987. The number of fused-ring (bicyclic) bond motifs is 7. The fourth-order valence-corrected chi connectivity index (χ4v) is 8.13. The van der Waals surface area contributed by atoms with Crippen molar-refractivity contribution in [3.8, 4) is 11.1 Å². The summed E-state index contributed by atoms with van der Waals surface area (Å²) in [6.07, 6.45) is 21.6. The van der Waals surface area contributed by atoms with Crippen molar-refractivity contribution >= 4 is 35.5 Å². The van der Waals surface area contributed by atoms with E-state index in [-0.39, 0.29) is 0 Å². The Morgan fingerprint density at radius 2 is 1.48 bits per heavy atom. The predicted molar refractivity (Wildman–Crippen MR) is 244 cm³/mol. The summed E-state index contributed by atoms with van der Waals surface area (Å²) in [5.41, 5.74) is 16.4. The van der Waals surface area contributed by atoms with Crippen LogP contribution in [0.25, 0.3) is 46.6 Å². The van der Waals surface area contributed by atoms with E-state index in [1.165, 1.54) is 72.5 Å².